The van der Waals surface area contributed by atoms with Crippen molar-refractivity contribution in [3.05, 3.63) is 24.8 Å². The fourth-order valence-corrected chi connectivity index (χ4v) is 3.56. The quantitative estimate of drug-likeness (QED) is 0.409. The monoisotopic (exact) mass is 234 g/mol. The fourth-order valence-electron chi connectivity index (χ4n) is 3.56. The van der Waals surface area contributed by atoms with Gasteiger partial charge in [-0.2, -0.15) is 0 Å². The van der Waals surface area contributed by atoms with Crippen LogP contribution in [0.5, 0.6) is 0 Å². The van der Waals surface area contributed by atoms with Crippen LogP contribution in [0, 0.1) is 17.8 Å². The molecule has 0 N–H and O–H groups in total. The zero-order valence-electron chi connectivity index (χ0n) is 9.43. The fraction of sp³-hybridized carbons (Fsp3) is 0.538. The normalized spacial score (nSPS) is 42.2. The van der Waals surface area contributed by atoms with Crippen molar-refractivity contribution in [3.8, 4) is 0 Å². The topological polar surface area (TPSA) is 52.6 Å². The van der Waals surface area contributed by atoms with Crippen molar-refractivity contribution in [1.29, 1.82) is 0 Å². The van der Waals surface area contributed by atoms with Crippen LogP contribution in [0.25, 0.3) is 0 Å². The Kier molecular flexibility index (Phi) is 2.15. The van der Waals surface area contributed by atoms with Crippen molar-refractivity contribution in [2.45, 2.75) is 25.0 Å². The minimum atomic E-state index is -0.405. The molecule has 5 unspecified atom stereocenters. The van der Waals surface area contributed by atoms with Gasteiger partial charge in [0.05, 0.1) is 6.42 Å². The molecule has 2 aliphatic carbocycles. The van der Waals surface area contributed by atoms with Gasteiger partial charge in [0.15, 0.2) is 0 Å². The number of esters is 2. The maximum absolute atomic E-state index is 11.3. The van der Waals surface area contributed by atoms with Crippen molar-refractivity contribution in [1.82, 2.24) is 0 Å². The molecule has 2 bridgehead atoms. The lowest BCUT2D eigenvalue weighted by atomic mass is 9.84. The Morgan fingerprint density at radius 3 is 3.00 bits per heavy atom. The van der Waals surface area contributed by atoms with E-state index in [0.29, 0.717) is 6.42 Å². The Bertz CT molecular complexity index is 425. The SMILES string of the molecule is C=CC(=O)OC1CC2C(=C)C1C1CC(=O)OC21. The molecule has 3 rings (SSSR count). The average Bonchev–Trinajstić information content (AvgIpc) is 2.86. The summed E-state index contributed by atoms with van der Waals surface area (Å²) in [5.74, 6) is -0.147. The van der Waals surface area contributed by atoms with Gasteiger partial charge in [-0.05, 0) is 6.42 Å². The molecule has 0 aromatic carbocycles. The van der Waals surface area contributed by atoms with Gasteiger partial charge in [-0.15, -0.1) is 0 Å². The van der Waals surface area contributed by atoms with Crippen molar-refractivity contribution in [2.24, 2.45) is 17.8 Å². The van der Waals surface area contributed by atoms with Crippen molar-refractivity contribution in [2.75, 3.05) is 0 Å². The molecule has 1 heterocycles. The maximum atomic E-state index is 11.3. The van der Waals surface area contributed by atoms with Gasteiger partial charge in [0.25, 0.3) is 0 Å². The molecule has 2 saturated carbocycles. The third-order valence-corrected chi connectivity index (χ3v) is 4.18. The zero-order chi connectivity index (χ0) is 12.2. The third kappa shape index (κ3) is 1.36. The summed E-state index contributed by atoms with van der Waals surface area (Å²) in [6, 6.07) is 0. The third-order valence-electron chi connectivity index (χ3n) is 4.18. The number of fused-ring (bicyclic) bond motifs is 5. The number of carbonyl (C=O) groups is 2. The summed E-state index contributed by atoms with van der Waals surface area (Å²) in [5.41, 5.74) is 1.08. The molecule has 0 spiro atoms. The Balaban J connectivity index is 1.81. The lowest BCUT2D eigenvalue weighted by Gasteiger charge is -2.28. The van der Waals surface area contributed by atoms with Gasteiger partial charge in [-0.1, -0.05) is 18.7 Å². The molecular formula is C13H14O4. The minimum absolute atomic E-state index is 0.0290. The average molecular weight is 234 g/mol. The van der Waals surface area contributed by atoms with Crippen molar-refractivity contribution in [3.63, 3.8) is 0 Å². The van der Waals surface area contributed by atoms with Crippen LogP contribution in [0.3, 0.4) is 0 Å². The van der Waals surface area contributed by atoms with Crippen LogP contribution < -0.4 is 0 Å². The molecule has 0 radical (unpaired) electrons. The Hall–Kier alpha value is -1.58. The van der Waals surface area contributed by atoms with E-state index in [1.54, 1.807) is 0 Å². The van der Waals surface area contributed by atoms with E-state index in [1.807, 2.05) is 0 Å². The first-order chi connectivity index (χ1) is 8.11. The van der Waals surface area contributed by atoms with Crippen molar-refractivity contribution < 1.29 is 19.1 Å². The second-order valence-corrected chi connectivity index (χ2v) is 4.94. The van der Waals surface area contributed by atoms with Crippen LogP contribution in [0.4, 0.5) is 0 Å². The summed E-state index contributed by atoms with van der Waals surface area (Å²) in [6.45, 7) is 7.45. The Morgan fingerprint density at radius 1 is 1.53 bits per heavy atom. The molecule has 0 aromatic rings. The van der Waals surface area contributed by atoms with Crippen molar-refractivity contribution >= 4 is 11.9 Å². The molecule has 1 saturated heterocycles. The Labute approximate surface area is 99.3 Å². The smallest absolute Gasteiger partial charge is 0.330 e. The first-order valence-corrected chi connectivity index (χ1v) is 5.83. The molecule has 0 aromatic heterocycles. The van der Waals surface area contributed by atoms with E-state index in [-0.39, 0.29) is 35.9 Å². The minimum Gasteiger partial charge on any atom is -0.461 e. The standard InChI is InChI=1S/C13H14O4/c1-3-10(14)16-9-4-7-6(2)12(9)8-5-11(15)17-13(7)8/h3,7-9,12-13H,1-2,4-5H2. The highest BCUT2D eigenvalue weighted by molar-refractivity contribution is 5.81. The van der Waals surface area contributed by atoms with Crippen LogP contribution in [0.1, 0.15) is 12.8 Å². The van der Waals surface area contributed by atoms with E-state index in [1.165, 1.54) is 6.08 Å². The maximum Gasteiger partial charge on any atom is 0.330 e. The van der Waals surface area contributed by atoms with E-state index in [9.17, 15) is 9.59 Å². The second-order valence-electron chi connectivity index (χ2n) is 4.94. The number of rotatable bonds is 2. The molecule has 90 valence electrons. The van der Waals surface area contributed by atoms with Gasteiger partial charge in [-0.3, -0.25) is 4.79 Å². The number of carbonyl (C=O) groups excluding carboxylic acids is 2. The number of ether oxygens (including phenoxy) is 2. The molecule has 4 nitrogen and oxygen atoms in total. The Morgan fingerprint density at radius 2 is 2.29 bits per heavy atom. The summed E-state index contributed by atoms with van der Waals surface area (Å²) in [5, 5.41) is 0. The lowest BCUT2D eigenvalue weighted by molar-refractivity contribution is -0.149. The van der Waals surface area contributed by atoms with Gasteiger partial charge in [0.1, 0.15) is 12.2 Å². The van der Waals surface area contributed by atoms with Gasteiger partial charge in [0, 0.05) is 23.8 Å². The van der Waals surface area contributed by atoms with E-state index in [2.05, 4.69) is 13.2 Å². The zero-order valence-corrected chi connectivity index (χ0v) is 9.43. The largest absolute Gasteiger partial charge is 0.461 e. The summed E-state index contributed by atoms with van der Waals surface area (Å²) in [7, 11) is 0. The van der Waals surface area contributed by atoms with Gasteiger partial charge < -0.3 is 9.47 Å². The summed E-state index contributed by atoms with van der Waals surface area (Å²) >= 11 is 0. The van der Waals surface area contributed by atoms with E-state index in [0.717, 1.165) is 12.0 Å². The molecule has 4 heteroatoms. The lowest BCUT2D eigenvalue weighted by Crippen LogP contribution is -2.34. The highest BCUT2D eigenvalue weighted by Gasteiger charge is 2.61. The summed E-state index contributed by atoms with van der Waals surface area (Å²) in [6.07, 6.45) is 2.12. The number of hydrogen-bond acceptors (Lipinski definition) is 4. The molecular weight excluding hydrogens is 220 g/mol. The van der Waals surface area contributed by atoms with Gasteiger partial charge in [-0.25, -0.2) is 4.79 Å². The van der Waals surface area contributed by atoms with E-state index in [4.69, 9.17) is 9.47 Å². The predicted molar refractivity (Wildman–Crippen MR) is 58.8 cm³/mol. The van der Waals surface area contributed by atoms with Crippen LogP contribution in [-0.2, 0) is 19.1 Å². The van der Waals surface area contributed by atoms with Crippen LogP contribution in [0.15, 0.2) is 24.8 Å². The number of hydrogen-bond donors (Lipinski definition) is 0. The van der Waals surface area contributed by atoms with E-state index >= 15 is 0 Å². The van der Waals surface area contributed by atoms with Gasteiger partial charge in [0.2, 0.25) is 0 Å². The highest BCUT2D eigenvalue weighted by atomic mass is 16.6. The van der Waals surface area contributed by atoms with Crippen LogP contribution >= 0.6 is 0 Å². The van der Waals surface area contributed by atoms with E-state index < -0.39 is 5.97 Å². The van der Waals surface area contributed by atoms with Gasteiger partial charge >= 0.3 is 11.9 Å². The van der Waals surface area contributed by atoms with Crippen LogP contribution in [0.2, 0.25) is 0 Å². The highest BCUT2D eigenvalue weighted by Crippen LogP contribution is 2.57. The molecule has 5 atom stereocenters. The molecule has 1 aliphatic heterocycles. The molecule has 0 amide bonds. The summed E-state index contributed by atoms with van der Waals surface area (Å²) in [4.78, 5) is 22.5. The first-order valence-electron chi connectivity index (χ1n) is 5.83. The first kappa shape index (κ1) is 10.6. The predicted octanol–water partition coefficient (Wildman–Crippen LogP) is 1.22. The van der Waals surface area contributed by atoms with Crippen LogP contribution in [-0.4, -0.2) is 24.1 Å². The molecule has 3 aliphatic rings. The second kappa shape index (κ2) is 3.45. The molecule has 17 heavy (non-hydrogen) atoms. The molecule has 3 fully saturated rings. The summed E-state index contributed by atoms with van der Waals surface area (Å²) < 4.78 is 10.6.